The van der Waals surface area contributed by atoms with E-state index in [4.69, 9.17) is 5.73 Å². The van der Waals surface area contributed by atoms with E-state index in [0.29, 0.717) is 11.3 Å². The van der Waals surface area contributed by atoms with Crippen LogP contribution in [0.3, 0.4) is 0 Å². The molecular weight excluding hydrogens is 270 g/mol. The maximum absolute atomic E-state index is 12.3. The summed E-state index contributed by atoms with van der Waals surface area (Å²) in [7, 11) is 0. The number of thioether (sulfide) groups is 1. The Balaban J connectivity index is 1.75. The molecule has 0 aliphatic heterocycles. The third kappa shape index (κ3) is 2.26. The summed E-state index contributed by atoms with van der Waals surface area (Å²) < 4.78 is 0.256. The number of aromatic nitrogens is 1. The Hall–Kier alpha value is -1.62. The van der Waals surface area contributed by atoms with Crippen LogP contribution >= 0.6 is 11.8 Å². The quantitative estimate of drug-likeness (QED) is 0.758. The monoisotopic (exact) mass is 289 g/mol. The number of carbonyl (C=O) groups excluding carboxylic acids is 1. The number of aromatic amines is 1. The molecule has 1 amide bonds. The average Bonchev–Trinajstić information content (AvgIpc) is 2.80. The molecule has 0 saturated heterocycles. The number of H-pyrrole nitrogens is 1. The molecule has 0 bridgehead atoms. The fourth-order valence-electron chi connectivity index (χ4n) is 2.69. The van der Waals surface area contributed by atoms with Gasteiger partial charge in [-0.2, -0.15) is 11.8 Å². The predicted octanol–water partition coefficient (Wildman–Crippen LogP) is 2.77. The fourth-order valence-corrected chi connectivity index (χ4v) is 3.61. The van der Waals surface area contributed by atoms with Crippen molar-refractivity contribution in [3.63, 3.8) is 0 Å². The lowest BCUT2D eigenvalue weighted by atomic mass is 9.84. The maximum atomic E-state index is 12.3. The van der Waals surface area contributed by atoms with Crippen molar-refractivity contribution in [3.05, 3.63) is 30.0 Å². The second-order valence-electron chi connectivity index (χ2n) is 5.43. The van der Waals surface area contributed by atoms with Gasteiger partial charge in [-0.25, -0.2) is 0 Å². The molecule has 4 N–H and O–H groups in total. The van der Waals surface area contributed by atoms with Gasteiger partial charge in [0.25, 0.3) is 5.91 Å². The van der Waals surface area contributed by atoms with Crippen LogP contribution in [0.1, 0.15) is 29.6 Å². The molecule has 2 aromatic rings. The summed E-state index contributed by atoms with van der Waals surface area (Å²) in [5.41, 5.74) is 8.03. The van der Waals surface area contributed by atoms with Gasteiger partial charge in [-0.05, 0) is 37.3 Å². The molecule has 1 aliphatic rings. The van der Waals surface area contributed by atoms with Crippen LogP contribution in [0.2, 0.25) is 0 Å². The standard InChI is InChI=1S/C15H19N3OS/c1-20-15(5-2-6-15)9-18-14(19)12-8-17-13-7-10(16)3-4-11(12)13/h3-4,7-8,17H,2,5-6,9,16H2,1H3,(H,18,19). The summed E-state index contributed by atoms with van der Waals surface area (Å²) in [5.74, 6) is -0.0126. The summed E-state index contributed by atoms with van der Waals surface area (Å²) in [4.78, 5) is 15.4. The van der Waals surface area contributed by atoms with Crippen LogP contribution in [-0.4, -0.2) is 28.4 Å². The van der Waals surface area contributed by atoms with Crippen molar-refractivity contribution >= 4 is 34.3 Å². The molecular formula is C15H19N3OS. The lowest BCUT2D eigenvalue weighted by molar-refractivity contribution is 0.0945. The molecule has 1 aromatic heterocycles. The first kappa shape index (κ1) is 13.4. The number of fused-ring (bicyclic) bond motifs is 1. The van der Waals surface area contributed by atoms with E-state index in [1.54, 1.807) is 6.20 Å². The van der Waals surface area contributed by atoms with Gasteiger partial charge in [0.1, 0.15) is 0 Å². The Morgan fingerprint density at radius 1 is 1.50 bits per heavy atom. The summed E-state index contributed by atoms with van der Waals surface area (Å²) in [6.07, 6.45) is 7.53. The first-order valence-corrected chi connectivity index (χ1v) is 8.06. The fraction of sp³-hybridized carbons (Fsp3) is 0.400. The second-order valence-corrected chi connectivity index (χ2v) is 6.71. The van der Waals surface area contributed by atoms with E-state index in [2.05, 4.69) is 16.6 Å². The number of hydrogen-bond donors (Lipinski definition) is 3. The molecule has 4 nitrogen and oxygen atoms in total. The molecule has 1 aromatic carbocycles. The number of carbonyl (C=O) groups is 1. The molecule has 106 valence electrons. The Morgan fingerprint density at radius 3 is 2.95 bits per heavy atom. The van der Waals surface area contributed by atoms with Crippen LogP contribution in [0, 0.1) is 0 Å². The van der Waals surface area contributed by atoms with Crippen LogP contribution in [0.15, 0.2) is 24.4 Å². The predicted molar refractivity (Wildman–Crippen MR) is 85.1 cm³/mol. The average molecular weight is 289 g/mol. The molecule has 1 fully saturated rings. The topological polar surface area (TPSA) is 70.9 Å². The number of anilines is 1. The largest absolute Gasteiger partial charge is 0.399 e. The number of nitrogens with two attached hydrogens (primary N) is 1. The van der Waals surface area contributed by atoms with Crippen LogP contribution in [0.5, 0.6) is 0 Å². The van der Waals surface area contributed by atoms with Gasteiger partial charge in [0.2, 0.25) is 0 Å². The van der Waals surface area contributed by atoms with Gasteiger partial charge < -0.3 is 16.0 Å². The van der Waals surface area contributed by atoms with E-state index in [1.807, 2.05) is 30.0 Å². The number of rotatable bonds is 4. The molecule has 5 heteroatoms. The summed E-state index contributed by atoms with van der Waals surface area (Å²) in [5, 5.41) is 3.99. The van der Waals surface area contributed by atoms with Crippen molar-refractivity contribution in [3.8, 4) is 0 Å². The molecule has 1 aliphatic carbocycles. The van der Waals surface area contributed by atoms with Crippen molar-refractivity contribution in [2.45, 2.75) is 24.0 Å². The van der Waals surface area contributed by atoms with Crippen LogP contribution in [0.25, 0.3) is 10.9 Å². The lowest BCUT2D eigenvalue weighted by Crippen LogP contribution is -2.45. The van der Waals surface area contributed by atoms with E-state index < -0.39 is 0 Å². The first-order valence-electron chi connectivity index (χ1n) is 6.83. The summed E-state index contributed by atoms with van der Waals surface area (Å²) in [6, 6.07) is 5.56. The smallest absolute Gasteiger partial charge is 0.253 e. The Morgan fingerprint density at radius 2 is 2.30 bits per heavy atom. The van der Waals surface area contributed by atoms with Gasteiger partial charge >= 0.3 is 0 Å². The molecule has 0 atom stereocenters. The van der Waals surface area contributed by atoms with Crippen molar-refractivity contribution in [1.29, 1.82) is 0 Å². The summed E-state index contributed by atoms with van der Waals surface area (Å²) >= 11 is 1.86. The second kappa shape index (κ2) is 5.05. The van der Waals surface area contributed by atoms with E-state index in [-0.39, 0.29) is 10.7 Å². The molecule has 20 heavy (non-hydrogen) atoms. The van der Waals surface area contributed by atoms with E-state index in [0.717, 1.165) is 17.4 Å². The van der Waals surface area contributed by atoms with Gasteiger partial charge in [0, 0.05) is 34.1 Å². The van der Waals surface area contributed by atoms with Crippen LogP contribution < -0.4 is 11.1 Å². The van der Waals surface area contributed by atoms with Crippen molar-refractivity contribution in [2.75, 3.05) is 18.5 Å². The Bertz CT molecular complexity index is 640. The number of amides is 1. The van der Waals surface area contributed by atoms with Gasteiger partial charge in [-0.15, -0.1) is 0 Å². The highest BCUT2D eigenvalue weighted by Crippen LogP contribution is 2.42. The number of benzene rings is 1. The SMILES string of the molecule is CSC1(CNC(=O)c2c[nH]c3cc(N)ccc23)CCC1. The maximum Gasteiger partial charge on any atom is 0.253 e. The third-order valence-corrected chi connectivity index (χ3v) is 5.64. The van der Waals surface area contributed by atoms with Crippen molar-refractivity contribution in [2.24, 2.45) is 0 Å². The molecule has 0 spiro atoms. The highest BCUT2D eigenvalue weighted by Gasteiger charge is 2.36. The molecule has 3 rings (SSSR count). The minimum absolute atomic E-state index is 0.0126. The van der Waals surface area contributed by atoms with Gasteiger partial charge in [0.05, 0.1) is 5.56 Å². The molecule has 0 unspecified atom stereocenters. The van der Waals surface area contributed by atoms with Gasteiger partial charge in [-0.1, -0.05) is 6.42 Å². The molecule has 1 saturated carbocycles. The van der Waals surface area contributed by atoms with Crippen molar-refractivity contribution in [1.82, 2.24) is 10.3 Å². The number of nitrogens with one attached hydrogen (secondary N) is 2. The zero-order valence-corrected chi connectivity index (χ0v) is 12.3. The highest BCUT2D eigenvalue weighted by atomic mass is 32.2. The molecule has 0 radical (unpaired) electrons. The summed E-state index contributed by atoms with van der Waals surface area (Å²) in [6.45, 7) is 0.745. The van der Waals surface area contributed by atoms with Crippen molar-refractivity contribution < 1.29 is 4.79 Å². The first-order chi connectivity index (χ1) is 9.63. The van der Waals surface area contributed by atoms with Crippen LogP contribution in [-0.2, 0) is 0 Å². The van der Waals surface area contributed by atoms with Gasteiger partial charge in [0.15, 0.2) is 0 Å². The molecule has 1 heterocycles. The zero-order chi connectivity index (χ0) is 14.2. The Kier molecular flexibility index (Phi) is 3.38. The van der Waals surface area contributed by atoms with Crippen LogP contribution in [0.4, 0.5) is 5.69 Å². The third-order valence-electron chi connectivity index (χ3n) is 4.22. The highest BCUT2D eigenvalue weighted by molar-refractivity contribution is 8.00. The Labute approximate surface area is 122 Å². The number of hydrogen-bond acceptors (Lipinski definition) is 3. The number of nitrogen functional groups attached to an aromatic ring is 1. The minimum Gasteiger partial charge on any atom is -0.399 e. The van der Waals surface area contributed by atoms with E-state index >= 15 is 0 Å². The normalized spacial score (nSPS) is 16.9. The minimum atomic E-state index is -0.0126. The van der Waals surface area contributed by atoms with E-state index in [9.17, 15) is 4.79 Å². The zero-order valence-electron chi connectivity index (χ0n) is 11.5. The lowest BCUT2D eigenvalue weighted by Gasteiger charge is -2.40. The van der Waals surface area contributed by atoms with E-state index in [1.165, 1.54) is 19.3 Å². The van der Waals surface area contributed by atoms with Gasteiger partial charge in [-0.3, -0.25) is 4.79 Å².